The van der Waals surface area contributed by atoms with Crippen LogP contribution in [0.3, 0.4) is 0 Å². The van der Waals surface area contributed by atoms with Crippen LogP contribution in [0.15, 0.2) is 0 Å². The third kappa shape index (κ3) is 2.94. The lowest BCUT2D eigenvalue weighted by molar-refractivity contribution is -0.227. The minimum absolute atomic E-state index is 0.171. The second kappa shape index (κ2) is 6.88. The highest BCUT2D eigenvalue weighted by atomic mass is 79.9. The molecule has 0 radical (unpaired) electrons. The summed E-state index contributed by atoms with van der Waals surface area (Å²) >= 11 is 3.42. The number of hydrogen-bond donors (Lipinski definition) is 0. The quantitative estimate of drug-likeness (QED) is 0.703. The van der Waals surface area contributed by atoms with E-state index in [1.54, 1.807) is 28.4 Å². The van der Waals surface area contributed by atoms with E-state index in [4.69, 9.17) is 23.7 Å². The number of halogens is 1. The van der Waals surface area contributed by atoms with Gasteiger partial charge in [-0.15, -0.1) is 0 Å². The van der Waals surface area contributed by atoms with Gasteiger partial charge >= 0.3 is 0 Å². The SMILES string of the molecule is COCC1O[C@H](Br)[C@@H](OC)C(OC)[C@H]1OC. The van der Waals surface area contributed by atoms with E-state index in [1.165, 1.54) is 0 Å². The van der Waals surface area contributed by atoms with Crippen molar-refractivity contribution in [1.82, 2.24) is 0 Å². The Morgan fingerprint density at radius 2 is 1.50 bits per heavy atom. The maximum atomic E-state index is 5.73. The Labute approximate surface area is 104 Å². The lowest BCUT2D eigenvalue weighted by atomic mass is 10.00. The molecule has 0 aromatic heterocycles. The lowest BCUT2D eigenvalue weighted by Crippen LogP contribution is -2.59. The van der Waals surface area contributed by atoms with Crippen molar-refractivity contribution in [3.8, 4) is 0 Å². The van der Waals surface area contributed by atoms with Crippen LogP contribution in [0.25, 0.3) is 0 Å². The first-order valence-electron chi connectivity index (χ1n) is 5.06. The Morgan fingerprint density at radius 3 is 1.94 bits per heavy atom. The molecule has 0 aliphatic carbocycles. The molecule has 0 saturated carbocycles. The Kier molecular flexibility index (Phi) is 6.17. The molecule has 0 aromatic rings. The average Bonchev–Trinajstić information content (AvgIpc) is 2.28. The molecule has 1 aliphatic heterocycles. The van der Waals surface area contributed by atoms with E-state index in [1.807, 2.05) is 0 Å². The van der Waals surface area contributed by atoms with Gasteiger partial charge < -0.3 is 23.7 Å². The zero-order valence-corrected chi connectivity index (χ0v) is 11.6. The Morgan fingerprint density at radius 1 is 0.938 bits per heavy atom. The van der Waals surface area contributed by atoms with Gasteiger partial charge in [-0.05, 0) is 0 Å². The van der Waals surface area contributed by atoms with Crippen LogP contribution >= 0.6 is 15.9 Å². The minimum atomic E-state index is -0.228. The van der Waals surface area contributed by atoms with Crippen LogP contribution in [-0.2, 0) is 23.7 Å². The standard InChI is InChI=1S/C10H19BrO5/c1-12-5-6-7(13-2)8(14-3)9(15-4)10(11)16-6/h6-10H,5H2,1-4H3/t6?,7-,8?,9-,10-/m0/s1. The highest BCUT2D eigenvalue weighted by molar-refractivity contribution is 9.09. The van der Waals surface area contributed by atoms with E-state index < -0.39 is 0 Å². The Balaban J connectivity index is 2.78. The molecule has 5 nitrogen and oxygen atoms in total. The molecular weight excluding hydrogens is 280 g/mol. The van der Waals surface area contributed by atoms with Gasteiger partial charge in [0.15, 0.2) is 0 Å². The summed E-state index contributed by atoms with van der Waals surface area (Å²) in [4.78, 5) is 0. The zero-order chi connectivity index (χ0) is 12.1. The van der Waals surface area contributed by atoms with Crippen LogP contribution in [0.5, 0.6) is 0 Å². The van der Waals surface area contributed by atoms with Gasteiger partial charge in [-0.2, -0.15) is 0 Å². The smallest absolute Gasteiger partial charge is 0.141 e. The highest BCUT2D eigenvalue weighted by Crippen LogP contribution is 2.29. The van der Waals surface area contributed by atoms with Gasteiger partial charge in [0, 0.05) is 28.4 Å². The summed E-state index contributed by atoms with van der Waals surface area (Å²) in [5.74, 6) is 0. The van der Waals surface area contributed by atoms with Crippen molar-refractivity contribution in [3.63, 3.8) is 0 Å². The molecule has 6 heteroatoms. The Hall–Kier alpha value is 0.280. The molecule has 5 atom stereocenters. The second-order valence-electron chi connectivity index (χ2n) is 3.58. The maximum absolute atomic E-state index is 5.73. The fraction of sp³-hybridized carbons (Fsp3) is 1.00. The third-order valence-electron chi connectivity index (χ3n) is 2.72. The summed E-state index contributed by atoms with van der Waals surface area (Å²) in [5, 5.41) is -0.228. The van der Waals surface area contributed by atoms with Crippen molar-refractivity contribution in [1.29, 1.82) is 0 Å². The third-order valence-corrected chi connectivity index (χ3v) is 3.46. The minimum Gasteiger partial charge on any atom is -0.382 e. The van der Waals surface area contributed by atoms with Gasteiger partial charge in [-0.3, -0.25) is 0 Å². The van der Waals surface area contributed by atoms with Gasteiger partial charge in [-0.1, -0.05) is 15.9 Å². The van der Waals surface area contributed by atoms with E-state index in [9.17, 15) is 0 Å². The first kappa shape index (κ1) is 14.3. The van der Waals surface area contributed by atoms with Crippen molar-refractivity contribution in [2.45, 2.75) is 29.4 Å². The largest absolute Gasteiger partial charge is 0.382 e. The van der Waals surface area contributed by atoms with Crippen LogP contribution in [0.1, 0.15) is 0 Å². The number of alkyl halides is 1. The molecule has 0 amide bonds. The molecule has 96 valence electrons. The molecule has 1 heterocycles. The van der Waals surface area contributed by atoms with Crippen molar-refractivity contribution >= 4 is 15.9 Å². The van der Waals surface area contributed by atoms with Crippen molar-refractivity contribution in [2.24, 2.45) is 0 Å². The van der Waals surface area contributed by atoms with Crippen molar-refractivity contribution in [3.05, 3.63) is 0 Å². The summed E-state index contributed by atoms with van der Waals surface area (Å²) in [6.45, 7) is 0.455. The van der Waals surface area contributed by atoms with Gasteiger partial charge in [0.25, 0.3) is 0 Å². The summed E-state index contributed by atoms with van der Waals surface area (Å²) in [6.07, 6.45) is -0.768. The lowest BCUT2D eigenvalue weighted by Gasteiger charge is -2.42. The molecule has 0 spiro atoms. The second-order valence-corrected chi connectivity index (χ2v) is 4.48. The van der Waals surface area contributed by atoms with E-state index in [-0.39, 0.29) is 29.4 Å². The first-order chi connectivity index (χ1) is 7.69. The van der Waals surface area contributed by atoms with Crippen LogP contribution < -0.4 is 0 Å². The predicted octanol–water partition coefficient (Wildman–Crippen LogP) is 0.798. The number of ether oxygens (including phenoxy) is 5. The molecule has 1 saturated heterocycles. The van der Waals surface area contributed by atoms with E-state index >= 15 is 0 Å². The van der Waals surface area contributed by atoms with E-state index in [2.05, 4.69) is 15.9 Å². The number of hydrogen-bond acceptors (Lipinski definition) is 5. The molecule has 0 N–H and O–H groups in total. The molecule has 0 aromatic carbocycles. The molecule has 1 fully saturated rings. The fourth-order valence-corrected chi connectivity index (χ4v) is 2.76. The summed E-state index contributed by atoms with van der Waals surface area (Å²) < 4.78 is 27.0. The summed E-state index contributed by atoms with van der Waals surface area (Å²) in [7, 11) is 6.52. The molecule has 1 aliphatic rings. The van der Waals surface area contributed by atoms with Crippen LogP contribution in [0.2, 0.25) is 0 Å². The summed E-state index contributed by atoms with van der Waals surface area (Å²) in [6, 6.07) is 0. The monoisotopic (exact) mass is 298 g/mol. The van der Waals surface area contributed by atoms with Gasteiger partial charge in [0.2, 0.25) is 0 Å². The van der Waals surface area contributed by atoms with Crippen molar-refractivity contribution < 1.29 is 23.7 Å². The Bertz CT molecular complexity index is 204. The zero-order valence-electron chi connectivity index (χ0n) is 10.0. The van der Waals surface area contributed by atoms with Gasteiger partial charge in [0.05, 0.1) is 6.61 Å². The first-order valence-corrected chi connectivity index (χ1v) is 5.98. The molecule has 1 rings (SSSR count). The van der Waals surface area contributed by atoms with Gasteiger partial charge in [0.1, 0.15) is 29.4 Å². The molecular formula is C10H19BrO5. The number of methoxy groups -OCH3 is 4. The predicted molar refractivity (Wildman–Crippen MR) is 61.9 cm³/mol. The van der Waals surface area contributed by atoms with Gasteiger partial charge in [-0.25, -0.2) is 0 Å². The van der Waals surface area contributed by atoms with Crippen molar-refractivity contribution in [2.75, 3.05) is 35.0 Å². The van der Waals surface area contributed by atoms with Crippen LogP contribution in [0.4, 0.5) is 0 Å². The van der Waals surface area contributed by atoms with Crippen LogP contribution in [-0.4, -0.2) is 64.5 Å². The normalized spacial score (nSPS) is 39.9. The molecule has 2 unspecified atom stereocenters. The maximum Gasteiger partial charge on any atom is 0.141 e. The molecule has 16 heavy (non-hydrogen) atoms. The van der Waals surface area contributed by atoms with Crippen LogP contribution in [0, 0.1) is 0 Å². The fourth-order valence-electron chi connectivity index (χ4n) is 1.96. The molecule has 0 bridgehead atoms. The van der Waals surface area contributed by atoms with E-state index in [0.29, 0.717) is 6.61 Å². The summed E-state index contributed by atoms with van der Waals surface area (Å²) in [5.41, 5.74) is 0. The average molecular weight is 299 g/mol. The van der Waals surface area contributed by atoms with E-state index in [0.717, 1.165) is 0 Å². The number of rotatable bonds is 5. The topological polar surface area (TPSA) is 46.2 Å². The highest BCUT2D eigenvalue weighted by Gasteiger charge is 2.45.